The standard InChI is InChI=1S/C24H18N4O.C18H10ClFN2O/c25-24-21-20(15-26-22(23(21)27-28-24)17-7-3-1-4-8-17)16-11-13-19(14-12-16)29-18-9-5-2-6-10-18;19-18-17(20)15(10-21)16(11-22-18)12-6-8-14(9-7-12)23-13-4-2-1-3-5-13/h1-15H,(H3,25,27,28);1-9,11H. The summed E-state index contributed by atoms with van der Waals surface area (Å²) in [5.74, 6) is 2.58. The van der Waals surface area contributed by atoms with Crippen LogP contribution in [-0.2, 0) is 0 Å². The van der Waals surface area contributed by atoms with Crippen LogP contribution in [-0.4, -0.2) is 20.2 Å². The number of nitriles is 1. The molecule has 0 aliphatic carbocycles. The molecular weight excluding hydrogens is 675 g/mol. The number of aromatic nitrogens is 4. The molecule has 0 fully saturated rings. The molecule has 8 nitrogen and oxygen atoms in total. The zero-order valence-electron chi connectivity index (χ0n) is 27.4. The third-order valence-corrected chi connectivity index (χ3v) is 8.31. The lowest BCUT2D eigenvalue weighted by molar-refractivity contribution is 0.482. The number of rotatable bonds is 7. The number of nitrogens with zero attached hydrogens (tertiary/aromatic N) is 4. The summed E-state index contributed by atoms with van der Waals surface area (Å²) in [5.41, 5.74) is 11.7. The fraction of sp³-hybridized carbons (Fsp3) is 0. The van der Waals surface area contributed by atoms with Gasteiger partial charge in [0.1, 0.15) is 34.6 Å². The van der Waals surface area contributed by atoms with Crippen LogP contribution >= 0.6 is 11.6 Å². The van der Waals surface area contributed by atoms with Crippen LogP contribution in [0.15, 0.2) is 152 Å². The summed E-state index contributed by atoms with van der Waals surface area (Å²) in [4.78, 5) is 8.46. The Morgan fingerprint density at radius 1 is 0.615 bits per heavy atom. The van der Waals surface area contributed by atoms with Gasteiger partial charge in [-0.05, 0) is 59.7 Å². The molecule has 8 rings (SSSR count). The molecule has 0 aliphatic rings. The molecule has 0 saturated carbocycles. The molecule has 0 radical (unpaired) electrons. The van der Waals surface area contributed by atoms with Gasteiger partial charge in [-0.25, -0.2) is 9.37 Å². The Kier molecular flexibility index (Phi) is 9.82. The number of ether oxygens (including phenoxy) is 2. The van der Waals surface area contributed by atoms with Gasteiger partial charge in [0.15, 0.2) is 16.8 Å². The molecule has 5 aromatic carbocycles. The van der Waals surface area contributed by atoms with Crippen molar-refractivity contribution in [1.82, 2.24) is 20.2 Å². The minimum atomic E-state index is -0.809. The number of hydrogen-bond donors (Lipinski definition) is 2. The Labute approximate surface area is 303 Å². The van der Waals surface area contributed by atoms with Crippen molar-refractivity contribution in [3.8, 4) is 62.6 Å². The van der Waals surface area contributed by atoms with Gasteiger partial charge in [0, 0.05) is 29.1 Å². The van der Waals surface area contributed by atoms with Gasteiger partial charge in [-0.15, -0.1) is 0 Å². The number of pyridine rings is 2. The molecule has 52 heavy (non-hydrogen) atoms. The van der Waals surface area contributed by atoms with E-state index in [1.807, 2.05) is 128 Å². The monoisotopic (exact) mass is 702 g/mol. The minimum absolute atomic E-state index is 0.123. The van der Waals surface area contributed by atoms with Crippen molar-refractivity contribution in [1.29, 1.82) is 5.26 Å². The van der Waals surface area contributed by atoms with E-state index in [9.17, 15) is 4.39 Å². The van der Waals surface area contributed by atoms with Crippen LogP contribution in [0.5, 0.6) is 23.0 Å². The summed E-state index contributed by atoms with van der Waals surface area (Å²) in [7, 11) is 0. The maximum atomic E-state index is 13.9. The summed E-state index contributed by atoms with van der Waals surface area (Å²) in [6.45, 7) is 0. The first-order chi connectivity index (χ1) is 25.5. The van der Waals surface area contributed by atoms with E-state index in [1.54, 1.807) is 24.3 Å². The van der Waals surface area contributed by atoms with E-state index in [0.29, 0.717) is 22.7 Å². The van der Waals surface area contributed by atoms with Crippen molar-refractivity contribution >= 4 is 28.3 Å². The average molecular weight is 703 g/mol. The highest BCUT2D eigenvalue weighted by Crippen LogP contribution is 2.36. The number of nitrogens with one attached hydrogen (secondary N) is 1. The maximum absolute atomic E-state index is 13.9. The van der Waals surface area contributed by atoms with Crippen molar-refractivity contribution in [3.05, 3.63) is 168 Å². The molecule has 0 spiro atoms. The van der Waals surface area contributed by atoms with Gasteiger partial charge in [0.05, 0.1) is 16.6 Å². The van der Waals surface area contributed by atoms with Crippen molar-refractivity contribution in [2.45, 2.75) is 0 Å². The number of H-pyrrole nitrogens is 1. The smallest absolute Gasteiger partial charge is 0.178 e. The van der Waals surface area contributed by atoms with Crippen molar-refractivity contribution in [2.24, 2.45) is 0 Å². The number of nitrogen functional groups attached to an aromatic ring is 1. The second-order valence-electron chi connectivity index (χ2n) is 11.4. The van der Waals surface area contributed by atoms with E-state index in [4.69, 9.17) is 37.1 Å². The van der Waals surface area contributed by atoms with Gasteiger partial charge in [-0.2, -0.15) is 10.4 Å². The predicted octanol–water partition coefficient (Wildman–Crippen LogP) is 10.9. The zero-order chi connectivity index (χ0) is 35.9. The summed E-state index contributed by atoms with van der Waals surface area (Å²) in [5, 5.41) is 17.0. The highest BCUT2D eigenvalue weighted by atomic mass is 35.5. The quantitative estimate of drug-likeness (QED) is 0.158. The third-order valence-electron chi connectivity index (χ3n) is 8.05. The minimum Gasteiger partial charge on any atom is -0.457 e. The fourth-order valence-corrected chi connectivity index (χ4v) is 5.68. The van der Waals surface area contributed by atoms with Gasteiger partial charge >= 0.3 is 0 Å². The van der Waals surface area contributed by atoms with Gasteiger partial charge in [0.25, 0.3) is 0 Å². The molecule has 0 unspecified atom stereocenters. The average Bonchev–Trinajstić information content (AvgIpc) is 3.59. The summed E-state index contributed by atoms with van der Waals surface area (Å²) >= 11 is 5.61. The molecule has 0 atom stereocenters. The Morgan fingerprint density at radius 3 is 1.63 bits per heavy atom. The molecule has 0 amide bonds. The first kappa shape index (κ1) is 33.5. The Morgan fingerprint density at radius 2 is 1.10 bits per heavy atom. The third kappa shape index (κ3) is 7.28. The number of anilines is 1. The van der Waals surface area contributed by atoms with Crippen molar-refractivity contribution < 1.29 is 13.9 Å². The van der Waals surface area contributed by atoms with E-state index < -0.39 is 5.82 Å². The van der Waals surface area contributed by atoms with Crippen LogP contribution < -0.4 is 15.2 Å². The summed E-state index contributed by atoms with van der Waals surface area (Å²) < 4.78 is 25.4. The molecule has 10 heteroatoms. The van der Waals surface area contributed by atoms with E-state index in [1.165, 1.54) is 6.20 Å². The Balaban J connectivity index is 0.000000167. The van der Waals surface area contributed by atoms with E-state index in [0.717, 1.165) is 50.5 Å². The normalized spacial score (nSPS) is 10.6. The van der Waals surface area contributed by atoms with E-state index in [-0.39, 0.29) is 10.7 Å². The summed E-state index contributed by atoms with van der Waals surface area (Å²) in [6, 6.07) is 45.8. The predicted molar refractivity (Wildman–Crippen MR) is 202 cm³/mol. The topological polar surface area (TPSA) is 123 Å². The van der Waals surface area contributed by atoms with Gasteiger partial charge in [0.2, 0.25) is 0 Å². The SMILES string of the molecule is N#Cc1c(-c2ccc(Oc3ccccc3)cc2)cnc(Cl)c1F.Nc1n[nH]c2c(-c3ccccc3)ncc(-c3ccc(Oc4ccccc4)cc3)c12. The second kappa shape index (κ2) is 15.3. The molecule has 8 aromatic rings. The van der Waals surface area contributed by atoms with Gasteiger partial charge in [-0.1, -0.05) is 103 Å². The molecule has 252 valence electrons. The summed E-state index contributed by atoms with van der Waals surface area (Å²) in [6.07, 6.45) is 3.24. The largest absolute Gasteiger partial charge is 0.457 e. The number of benzene rings is 5. The van der Waals surface area contributed by atoms with Crippen LogP contribution in [0.3, 0.4) is 0 Å². The lowest BCUT2D eigenvalue weighted by Crippen LogP contribution is -1.94. The van der Waals surface area contributed by atoms with Crippen molar-refractivity contribution in [3.63, 3.8) is 0 Å². The number of nitrogens with two attached hydrogens (primary N) is 1. The highest BCUT2D eigenvalue weighted by Gasteiger charge is 2.17. The van der Waals surface area contributed by atoms with Crippen LogP contribution in [0.25, 0.3) is 44.4 Å². The molecule has 3 N–H and O–H groups in total. The van der Waals surface area contributed by atoms with E-state index in [2.05, 4.69) is 15.2 Å². The highest BCUT2D eigenvalue weighted by molar-refractivity contribution is 6.29. The molecule has 0 saturated heterocycles. The number of para-hydroxylation sites is 2. The first-order valence-corrected chi connectivity index (χ1v) is 16.4. The number of hydrogen-bond acceptors (Lipinski definition) is 7. The molecule has 0 aliphatic heterocycles. The Bertz CT molecular complexity index is 2490. The van der Waals surface area contributed by atoms with Crippen LogP contribution in [0.4, 0.5) is 10.2 Å². The van der Waals surface area contributed by atoms with Crippen LogP contribution in [0.1, 0.15) is 5.56 Å². The molecular formula is C42H28ClFN6O2. The van der Waals surface area contributed by atoms with Crippen LogP contribution in [0, 0.1) is 17.1 Å². The molecule has 0 bridgehead atoms. The number of fused-ring (bicyclic) bond motifs is 1. The van der Waals surface area contributed by atoms with Gasteiger partial charge < -0.3 is 15.2 Å². The molecule has 3 aromatic heterocycles. The zero-order valence-corrected chi connectivity index (χ0v) is 28.1. The number of halogens is 2. The lowest BCUT2D eigenvalue weighted by Gasteiger charge is -2.09. The van der Waals surface area contributed by atoms with E-state index >= 15 is 0 Å². The second-order valence-corrected chi connectivity index (χ2v) is 11.7. The van der Waals surface area contributed by atoms with Crippen molar-refractivity contribution in [2.75, 3.05) is 5.73 Å². The molecule has 3 heterocycles. The lowest BCUT2D eigenvalue weighted by atomic mass is 10.0. The first-order valence-electron chi connectivity index (χ1n) is 16.1. The van der Waals surface area contributed by atoms with Crippen LogP contribution in [0.2, 0.25) is 5.15 Å². The Hall–Kier alpha value is -7.02. The maximum Gasteiger partial charge on any atom is 0.178 e. The van der Waals surface area contributed by atoms with Gasteiger partial charge in [-0.3, -0.25) is 10.1 Å². The fourth-order valence-electron chi connectivity index (χ4n) is 5.54. The number of aromatic amines is 1.